The van der Waals surface area contributed by atoms with Gasteiger partial charge in [0.05, 0.1) is 17.4 Å². The standard InChI is InChI=1S/C22H18FN3O2S/c1-14-6-8-15(9-7-14)16-12-29-21-20(16)22(28)26(13-24-21)11-10-19(27)25-18-5-3-2-4-17(18)23/h2-9,12-13H,10-11H2,1H3,(H,25,27). The molecule has 2 aromatic heterocycles. The van der Waals surface area contributed by atoms with Gasteiger partial charge >= 0.3 is 0 Å². The normalized spacial score (nSPS) is 11.0. The Kier molecular flexibility index (Phi) is 5.22. The third-order valence-electron chi connectivity index (χ3n) is 4.65. The summed E-state index contributed by atoms with van der Waals surface area (Å²) in [5.74, 6) is -0.867. The Morgan fingerprint density at radius 2 is 1.93 bits per heavy atom. The predicted octanol–water partition coefficient (Wildman–Crippen LogP) is 4.60. The molecule has 4 rings (SSSR count). The molecule has 5 nitrogen and oxygen atoms in total. The van der Waals surface area contributed by atoms with Crippen LogP contribution in [0, 0.1) is 12.7 Å². The molecule has 146 valence electrons. The maximum atomic E-state index is 13.7. The van der Waals surface area contributed by atoms with E-state index in [0.717, 1.165) is 16.7 Å². The number of fused-ring (bicyclic) bond motifs is 1. The van der Waals surface area contributed by atoms with Gasteiger partial charge in [-0.2, -0.15) is 0 Å². The summed E-state index contributed by atoms with van der Waals surface area (Å²) in [5, 5.41) is 5.01. The van der Waals surface area contributed by atoms with Crippen molar-refractivity contribution >= 4 is 33.1 Å². The number of hydrogen-bond donors (Lipinski definition) is 1. The first-order chi connectivity index (χ1) is 14.0. The number of nitrogens with zero attached hydrogens (tertiary/aromatic N) is 2. The van der Waals surface area contributed by atoms with Crippen LogP contribution in [0.2, 0.25) is 0 Å². The van der Waals surface area contributed by atoms with Crippen LogP contribution in [0.4, 0.5) is 10.1 Å². The highest BCUT2D eigenvalue weighted by molar-refractivity contribution is 7.17. The molecule has 0 aliphatic rings. The van der Waals surface area contributed by atoms with Crippen LogP contribution in [-0.4, -0.2) is 15.5 Å². The zero-order chi connectivity index (χ0) is 20.4. The van der Waals surface area contributed by atoms with Crippen molar-refractivity contribution < 1.29 is 9.18 Å². The Morgan fingerprint density at radius 1 is 1.17 bits per heavy atom. The molecule has 0 radical (unpaired) electrons. The van der Waals surface area contributed by atoms with Gasteiger partial charge in [-0.1, -0.05) is 42.0 Å². The van der Waals surface area contributed by atoms with E-state index in [1.165, 1.54) is 34.4 Å². The van der Waals surface area contributed by atoms with Crippen molar-refractivity contribution in [3.63, 3.8) is 0 Å². The summed E-state index contributed by atoms with van der Waals surface area (Å²) in [6, 6.07) is 13.9. The van der Waals surface area contributed by atoms with E-state index < -0.39 is 5.82 Å². The number of carbonyl (C=O) groups is 1. The van der Waals surface area contributed by atoms with Crippen LogP contribution in [0.3, 0.4) is 0 Å². The Labute approximate surface area is 170 Å². The molecular weight excluding hydrogens is 389 g/mol. The second kappa shape index (κ2) is 7.97. The molecule has 0 spiro atoms. The summed E-state index contributed by atoms with van der Waals surface area (Å²) >= 11 is 1.42. The molecule has 2 heterocycles. The average Bonchev–Trinajstić information content (AvgIpc) is 3.15. The van der Waals surface area contributed by atoms with Gasteiger partial charge in [-0.3, -0.25) is 14.2 Å². The second-order valence-corrected chi connectivity index (χ2v) is 7.57. The Bertz CT molecular complexity index is 1250. The van der Waals surface area contributed by atoms with E-state index in [1.807, 2.05) is 36.6 Å². The minimum atomic E-state index is -0.498. The SMILES string of the molecule is Cc1ccc(-c2csc3ncn(CCC(=O)Nc4ccccc4F)c(=O)c23)cc1. The van der Waals surface area contributed by atoms with Gasteiger partial charge in [-0.15, -0.1) is 11.3 Å². The number of benzene rings is 2. The number of amides is 1. The Balaban J connectivity index is 1.57. The van der Waals surface area contributed by atoms with Gasteiger partial charge < -0.3 is 5.32 Å². The van der Waals surface area contributed by atoms with Crippen molar-refractivity contribution in [2.75, 3.05) is 5.32 Å². The number of carbonyl (C=O) groups excluding carboxylic acids is 1. The molecule has 7 heteroatoms. The van der Waals surface area contributed by atoms with E-state index in [1.54, 1.807) is 12.1 Å². The third kappa shape index (κ3) is 3.95. The van der Waals surface area contributed by atoms with Gasteiger partial charge in [-0.25, -0.2) is 9.37 Å². The minimum Gasteiger partial charge on any atom is -0.324 e. The number of para-hydroxylation sites is 1. The van der Waals surface area contributed by atoms with E-state index >= 15 is 0 Å². The molecule has 0 unspecified atom stereocenters. The quantitative estimate of drug-likeness (QED) is 0.526. The van der Waals surface area contributed by atoms with Gasteiger partial charge in [0.2, 0.25) is 5.91 Å². The van der Waals surface area contributed by atoms with Crippen LogP contribution in [-0.2, 0) is 11.3 Å². The van der Waals surface area contributed by atoms with Crippen LogP contribution in [0.25, 0.3) is 21.3 Å². The number of rotatable bonds is 5. The van der Waals surface area contributed by atoms with E-state index in [2.05, 4.69) is 10.3 Å². The van der Waals surface area contributed by atoms with E-state index in [9.17, 15) is 14.0 Å². The summed E-state index contributed by atoms with van der Waals surface area (Å²) in [6.07, 6.45) is 1.49. The van der Waals surface area contributed by atoms with E-state index in [-0.39, 0.29) is 30.1 Å². The van der Waals surface area contributed by atoms with Crippen LogP contribution in [0.5, 0.6) is 0 Å². The molecular formula is C22H18FN3O2S. The molecule has 0 saturated heterocycles. The molecule has 0 aliphatic carbocycles. The molecule has 0 atom stereocenters. The summed E-state index contributed by atoms with van der Waals surface area (Å²) in [7, 11) is 0. The highest BCUT2D eigenvalue weighted by Gasteiger charge is 2.14. The second-order valence-electron chi connectivity index (χ2n) is 6.72. The van der Waals surface area contributed by atoms with Crippen molar-refractivity contribution in [3.05, 3.63) is 82.0 Å². The summed E-state index contributed by atoms with van der Waals surface area (Å²) in [4.78, 5) is 30.2. The number of halogens is 1. The number of anilines is 1. The first-order valence-corrected chi connectivity index (χ1v) is 9.99. The van der Waals surface area contributed by atoms with Crippen LogP contribution < -0.4 is 10.9 Å². The Hall–Kier alpha value is -3.32. The molecule has 0 aliphatic heterocycles. The fourth-order valence-corrected chi connectivity index (χ4v) is 3.98. The van der Waals surface area contributed by atoms with E-state index in [0.29, 0.717) is 10.2 Å². The Morgan fingerprint density at radius 3 is 2.69 bits per heavy atom. The lowest BCUT2D eigenvalue weighted by Gasteiger charge is -2.08. The first-order valence-electron chi connectivity index (χ1n) is 9.11. The summed E-state index contributed by atoms with van der Waals surface area (Å²) < 4.78 is 15.1. The number of thiophene rings is 1. The van der Waals surface area contributed by atoms with Gasteiger partial charge in [0.25, 0.3) is 5.56 Å². The van der Waals surface area contributed by atoms with Crippen LogP contribution >= 0.6 is 11.3 Å². The van der Waals surface area contributed by atoms with Gasteiger partial charge in [-0.05, 0) is 24.6 Å². The molecule has 0 bridgehead atoms. The van der Waals surface area contributed by atoms with Crippen molar-refractivity contribution in [1.29, 1.82) is 0 Å². The largest absolute Gasteiger partial charge is 0.324 e. The smallest absolute Gasteiger partial charge is 0.262 e. The molecule has 29 heavy (non-hydrogen) atoms. The lowest BCUT2D eigenvalue weighted by atomic mass is 10.1. The summed E-state index contributed by atoms with van der Waals surface area (Å²) in [6.45, 7) is 2.17. The molecule has 4 aromatic rings. The van der Waals surface area contributed by atoms with Crippen molar-refractivity contribution in [3.8, 4) is 11.1 Å². The lowest BCUT2D eigenvalue weighted by molar-refractivity contribution is -0.116. The average molecular weight is 407 g/mol. The zero-order valence-electron chi connectivity index (χ0n) is 15.7. The third-order valence-corrected chi connectivity index (χ3v) is 5.54. The highest BCUT2D eigenvalue weighted by atomic mass is 32.1. The topological polar surface area (TPSA) is 64.0 Å². The van der Waals surface area contributed by atoms with E-state index in [4.69, 9.17) is 0 Å². The molecule has 2 aromatic carbocycles. The van der Waals surface area contributed by atoms with Crippen molar-refractivity contribution in [2.45, 2.75) is 19.9 Å². The predicted molar refractivity (Wildman–Crippen MR) is 114 cm³/mol. The fraction of sp³-hybridized carbons (Fsp3) is 0.136. The first kappa shape index (κ1) is 19.0. The van der Waals surface area contributed by atoms with Gasteiger partial charge in [0.15, 0.2) is 0 Å². The highest BCUT2D eigenvalue weighted by Crippen LogP contribution is 2.30. The van der Waals surface area contributed by atoms with Crippen LogP contribution in [0.1, 0.15) is 12.0 Å². The minimum absolute atomic E-state index is 0.0332. The number of nitrogens with one attached hydrogen (secondary N) is 1. The number of hydrogen-bond acceptors (Lipinski definition) is 4. The maximum Gasteiger partial charge on any atom is 0.262 e. The van der Waals surface area contributed by atoms with Crippen molar-refractivity contribution in [2.24, 2.45) is 0 Å². The maximum absolute atomic E-state index is 13.7. The zero-order valence-corrected chi connectivity index (χ0v) is 16.5. The summed E-state index contributed by atoms with van der Waals surface area (Å²) in [5.41, 5.74) is 2.87. The van der Waals surface area contributed by atoms with Gasteiger partial charge in [0, 0.05) is 23.9 Å². The lowest BCUT2D eigenvalue weighted by Crippen LogP contribution is -2.23. The molecule has 1 N–H and O–H groups in total. The monoisotopic (exact) mass is 407 g/mol. The number of aryl methyl sites for hydroxylation is 2. The molecule has 1 amide bonds. The van der Waals surface area contributed by atoms with Gasteiger partial charge in [0.1, 0.15) is 10.6 Å². The molecule has 0 fully saturated rings. The van der Waals surface area contributed by atoms with Crippen molar-refractivity contribution in [1.82, 2.24) is 9.55 Å². The number of aromatic nitrogens is 2. The van der Waals surface area contributed by atoms with Crippen LogP contribution in [0.15, 0.2) is 65.0 Å². The molecule has 0 saturated carbocycles. The fourth-order valence-electron chi connectivity index (χ4n) is 3.07.